The highest BCUT2D eigenvalue weighted by Crippen LogP contribution is 2.16. The molecule has 0 saturated carbocycles. The number of aryl methyl sites for hydroxylation is 1. The lowest BCUT2D eigenvalue weighted by Gasteiger charge is -2.16. The zero-order chi connectivity index (χ0) is 11.5. The lowest BCUT2D eigenvalue weighted by Crippen LogP contribution is -2.29. The monoisotopic (exact) mass is 222 g/mol. The molecule has 0 aliphatic carbocycles. The van der Waals surface area contributed by atoms with Crippen LogP contribution < -0.4 is 5.32 Å². The summed E-state index contributed by atoms with van der Waals surface area (Å²) in [4.78, 5) is 2.30. The van der Waals surface area contributed by atoms with Crippen molar-refractivity contribution in [3.63, 3.8) is 0 Å². The van der Waals surface area contributed by atoms with E-state index in [2.05, 4.69) is 10.2 Å². The number of nitrogens with one attached hydrogen (secondary N) is 1. The molecule has 0 amide bonds. The van der Waals surface area contributed by atoms with Gasteiger partial charge in [-0.3, -0.25) is 4.90 Å². The molecular formula is C13H19FN2. The van der Waals surface area contributed by atoms with E-state index in [4.69, 9.17) is 0 Å². The molecule has 1 aromatic carbocycles. The molecule has 1 fully saturated rings. The first kappa shape index (κ1) is 11.6. The maximum atomic E-state index is 13.6. The molecule has 1 heterocycles. The third-order valence-corrected chi connectivity index (χ3v) is 3.28. The Bertz CT molecular complexity index is 365. The van der Waals surface area contributed by atoms with Gasteiger partial charge in [0, 0.05) is 31.2 Å². The van der Waals surface area contributed by atoms with E-state index in [1.54, 1.807) is 6.07 Å². The Morgan fingerprint density at radius 3 is 2.94 bits per heavy atom. The van der Waals surface area contributed by atoms with Crippen LogP contribution in [0.25, 0.3) is 0 Å². The zero-order valence-electron chi connectivity index (χ0n) is 9.96. The summed E-state index contributed by atoms with van der Waals surface area (Å²) in [6, 6.07) is 6.05. The van der Waals surface area contributed by atoms with Gasteiger partial charge in [0.15, 0.2) is 0 Å². The summed E-state index contributed by atoms with van der Waals surface area (Å²) in [5.41, 5.74) is 1.79. The van der Waals surface area contributed by atoms with Crippen molar-refractivity contribution in [2.24, 2.45) is 0 Å². The van der Waals surface area contributed by atoms with Crippen LogP contribution in [0, 0.1) is 12.7 Å². The van der Waals surface area contributed by atoms with Gasteiger partial charge in [-0.25, -0.2) is 4.39 Å². The van der Waals surface area contributed by atoms with E-state index < -0.39 is 0 Å². The highest BCUT2D eigenvalue weighted by Gasteiger charge is 2.21. The molecule has 0 bridgehead atoms. The molecule has 0 radical (unpaired) electrons. The van der Waals surface area contributed by atoms with Gasteiger partial charge >= 0.3 is 0 Å². The predicted octanol–water partition coefficient (Wildman–Crippen LogP) is 1.93. The molecule has 88 valence electrons. The lowest BCUT2D eigenvalue weighted by atomic mass is 10.1. The van der Waals surface area contributed by atoms with Crippen LogP contribution in [0.4, 0.5) is 4.39 Å². The van der Waals surface area contributed by atoms with E-state index in [1.807, 2.05) is 26.1 Å². The Balaban J connectivity index is 1.99. The number of nitrogens with zero attached hydrogens (tertiary/aromatic N) is 1. The summed E-state index contributed by atoms with van der Waals surface area (Å²) in [5, 5.41) is 3.27. The number of likely N-dealkylation sites (tertiary alicyclic amines) is 1. The van der Waals surface area contributed by atoms with Crippen molar-refractivity contribution in [1.29, 1.82) is 0 Å². The van der Waals surface area contributed by atoms with E-state index in [-0.39, 0.29) is 5.82 Å². The summed E-state index contributed by atoms with van der Waals surface area (Å²) < 4.78 is 13.6. The molecule has 16 heavy (non-hydrogen) atoms. The van der Waals surface area contributed by atoms with Gasteiger partial charge in [0.2, 0.25) is 0 Å². The normalized spacial score (nSPS) is 21.6. The smallest absolute Gasteiger partial charge is 0.127 e. The van der Waals surface area contributed by atoms with E-state index in [9.17, 15) is 4.39 Å². The van der Waals surface area contributed by atoms with Crippen molar-refractivity contribution in [2.75, 3.05) is 20.1 Å². The summed E-state index contributed by atoms with van der Waals surface area (Å²) >= 11 is 0. The molecule has 2 nitrogen and oxygen atoms in total. The summed E-state index contributed by atoms with van der Waals surface area (Å²) in [7, 11) is 1.99. The number of hydrogen-bond acceptors (Lipinski definition) is 2. The molecule has 2 rings (SSSR count). The van der Waals surface area contributed by atoms with Gasteiger partial charge in [-0.2, -0.15) is 0 Å². The van der Waals surface area contributed by atoms with Gasteiger partial charge in [0.05, 0.1) is 0 Å². The molecule has 3 heteroatoms. The second kappa shape index (κ2) is 4.93. The fourth-order valence-corrected chi connectivity index (χ4v) is 2.23. The Kier molecular flexibility index (Phi) is 3.56. The first-order valence-electron chi connectivity index (χ1n) is 5.83. The summed E-state index contributed by atoms with van der Waals surface area (Å²) in [6.45, 7) is 4.71. The van der Waals surface area contributed by atoms with Gasteiger partial charge < -0.3 is 5.32 Å². The van der Waals surface area contributed by atoms with E-state index in [1.165, 1.54) is 0 Å². The average Bonchev–Trinajstić information content (AvgIpc) is 2.70. The molecule has 1 aliphatic rings. The van der Waals surface area contributed by atoms with Crippen LogP contribution in [0.5, 0.6) is 0 Å². The second-order valence-corrected chi connectivity index (χ2v) is 4.60. The number of hydrogen-bond donors (Lipinski definition) is 1. The van der Waals surface area contributed by atoms with Crippen LogP contribution in [-0.4, -0.2) is 31.1 Å². The Morgan fingerprint density at radius 2 is 2.31 bits per heavy atom. The van der Waals surface area contributed by atoms with Gasteiger partial charge in [-0.1, -0.05) is 12.1 Å². The fourth-order valence-electron chi connectivity index (χ4n) is 2.23. The molecular weight excluding hydrogens is 203 g/mol. The topological polar surface area (TPSA) is 15.3 Å². The van der Waals surface area contributed by atoms with Crippen LogP contribution in [0.15, 0.2) is 18.2 Å². The lowest BCUT2D eigenvalue weighted by molar-refractivity contribution is 0.317. The predicted molar refractivity (Wildman–Crippen MR) is 63.9 cm³/mol. The standard InChI is InChI=1S/C13H19FN2/c1-10-3-4-11(13(14)7-10)8-16-6-5-12(9-16)15-2/h3-4,7,12,15H,5-6,8-9H2,1-2H3. The Hall–Kier alpha value is -0.930. The van der Waals surface area contributed by atoms with E-state index >= 15 is 0 Å². The Morgan fingerprint density at radius 1 is 1.50 bits per heavy atom. The molecule has 1 atom stereocenters. The van der Waals surface area contributed by atoms with Gasteiger partial charge in [0.1, 0.15) is 5.82 Å². The maximum Gasteiger partial charge on any atom is 0.127 e. The average molecular weight is 222 g/mol. The number of halogens is 1. The molecule has 0 spiro atoms. The highest BCUT2D eigenvalue weighted by atomic mass is 19.1. The molecule has 1 saturated heterocycles. The Labute approximate surface area is 96.5 Å². The second-order valence-electron chi connectivity index (χ2n) is 4.60. The SMILES string of the molecule is CNC1CCN(Cc2ccc(C)cc2F)C1. The quantitative estimate of drug-likeness (QED) is 0.840. The van der Waals surface area contributed by atoms with Crippen molar-refractivity contribution >= 4 is 0 Å². The molecule has 1 aliphatic heterocycles. The van der Waals surface area contributed by atoms with Crippen LogP contribution in [0.3, 0.4) is 0 Å². The third-order valence-electron chi connectivity index (χ3n) is 3.28. The van der Waals surface area contributed by atoms with Crippen molar-refractivity contribution < 1.29 is 4.39 Å². The van der Waals surface area contributed by atoms with Crippen molar-refractivity contribution in [2.45, 2.75) is 25.9 Å². The third kappa shape index (κ3) is 2.60. The minimum atomic E-state index is -0.0760. The molecule has 1 unspecified atom stereocenters. The van der Waals surface area contributed by atoms with Crippen LogP contribution in [-0.2, 0) is 6.54 Å². The van der Waals surface area contributed by atoms with E-state index in [0.29, 0.717) is 6.04 Å². The van der Waals surface area contributed by atoms with Gasteiger partial charge in [-0.15, -0.1) is 0 Å². The largest absolute Gasteiger partial charge is 0.316 e. The van der Waals surface area contributed by atoms with Crippen molar-refractivity contribution in [1.82, 2.24) is 10.2 Å². The first-order chi connectivity index (χ1) is 7.69. The maximum absolute atomic E-state index is 13.6. The number of rotatable bonds is 3. The molecule has 1 N–H and O–H groups in total. The van der Waals surface area contributed by atoms with E-state index in [0.717, 1.165) is 37.2 Å². The minimum absolute atomic E-state index is 0.0760. The van der Waals surface area contributed by atoms with Crippen LogP contribution in [0.2, 0.25) is 0 Å². The van der Waals surface area contributed by atoms with Gasteiger partial charge in [-0.05, 0) is 32.0 Å². The molecule has 1 aromatic rings. The molecule has 0 aromatic heterocycles. The highest BCUT2D eigenvalue weighted by molar-refractivity contribution is 5.23. The number of likely N-dealkylation sites (N-methyl/N-ethyl adjacent to an activating group) is 1. The zero-order valence-corrected chi connectivity index (χ0v) is 9.96. The summed E-state index contributed by atoms with van der Waals surface area (Å²) in [6.07, 6.45) is 1.16. The van der Waals surface area contributed by atoms with Crippen LogP contribution in [0.1, 0.15) is 17.5 Å². The van der Waals surface area contributed by atoms with Crippen LogP contribution >= 0.6 is 0 Å². The first-order valence-corrected chi connectivity index (χ1v) is 5.83. The summed E-state index contributed by atoms with van der Waals surface area (Å²) in [5.74, 6) is -0.0760. The fraction of sp³-hybridized carbons (Fsp3) is 0.538. The van der Waals surface area contributed by atoms with Crippen molar-refractivity contribution in [3.05, 3.63) is 35.1 Å². The van der Waals surface area contributed by atoms with Crippen molar-refractivity contribution in [3.8, 4) is 0 Å². The number of benzene rings is 1. The van der Waals surface area contributed by atoms with Gasteiger partial charge in [0.25, 0.3) is 0 Å². The minimum Gasteiger partial charge on any atom is -0.316 e.